The van der Waals surface area contributed by atoms with Crippen LogP contribution >= 0.6 is 34.4 Å². The number of carbonyl (C=O) groups is 1. The summed E-state index contributed by atoms with van der Waals surface area (Å²) in [5.41, 5.74) is 1.17. The molecule has 0 atom stereocenters. The third-order valence-corrected chi connectivity index (χ3v) is 5.69. The minimum Gasteiger partial charge on any atom is -0.336 e. The Labute approximate surface area is 119 Å². The second-order valence-electron chi connectivity index (χ2n) is 4.08. The lowest BCUT2D eigenvalue weighted by Gasteiger charge is -2.25. The van der Waals surface area contributed by atoms with E-state index in [4.69, 9.17) is 0 Å². The van der Waals surface area contributed by atoms with Crippen molar-refractivity contribution in [2.75, 3.05) is 24.6 Å². The van der Waals surface area contributed by atoms with Crippen LogP contribution in [0.1, 0.15) is 9.67 Å². The number of carbonyl (C=O) groups excluding carboxylic acids is 1. The first-order chi connectivity index (χ1) is 8.84. The summed E-state index contributed by atoms with van der Waals surface area (Å²) in [6.45, 7) is 1.77. The Hall–Kier alpha value is -0.780. The van der Waals surface area contributed by atoms with Crippen molar-refractivity contribution in [1.82, 2.24) is 4.90 Å². The molecule has 94 valence electrons. The number of thiophene rings is 2. The van der Waals surface area contributed by atoms with E-state index in [0.29, 0.717) is 0 Å². The molecule has 0 aliphatic carbocycles. The van der Waals surface area contributed by atoms with Crippen LogP contribution in [0.15, 0.2) is 29.0 Å². The minimum absolute atomic E-state index is 0.197. The zero-order valence-electron chi connectivity index (χ0n) is 9.80. The molecule has 5 heteroatoms. The molecule has 0 aromatic carbocycles. The molecule has 0 bridgehead atoms. The SMILES string of the molecule is O=C(c1cc(-c2cccs2)cs1)N1CCSCC1. The van der Waals surface area contributed by atoms with Crippen LogP contribution in [0.5, 0.6) is 0 Å². The smallest absolute Gasteiger partial charge is 0.263 e. The zero-order valence-corrected chi connectivity index (χ0v) is 12.2. The molecule has 1 amide bonds. The second kappa shape index (κ2) is 5.47. The molecule has 3 rings (SSSR count). The third kappa shape index (κ3) is 2.48. The van der Waals surface area contributed by atoms with Crippen molar-refractivity contribution in [1.29, 1.82) is 0 Å². The molecule has 0 saturated carbocycles. The van der Waals surface area contributed by atoms with E-state index >= 15 is 0 Å². The van der Waals surface area contributed by atoms with Crippen LogP contribution in [0.4, 0.5) is 0 Å². The van der Waals surface area contributed by atoms with Crippen molar-refractivity contribution in [3.8, 4) is 10.4 Å². The van der Waals surface area contributed by atoms with Crippen molar-refractivity contribution in [2.45, 2.75) is 0 Å². The normalized spacial score (nSPS) is 15.9. The average Bonchev–Trinajstić information content (AvgIpc) is 3.09. The van der Waals surface area contributed by atoms with Crippen LogP contribution in [0.25, 0.3) is 10.4 Å². The topological polar surface area (TPSA) is 20.3 Å². The van der Waals surface area contributed by atoms with Gasteiger partial charge in [-0.2, -0.15) is 11.8 Å². The number of hydrogen-bond acceptors (Lipinski definition) is 4. The third-order valence-electron chi connectivity index (χ3n) is 2.91. The molecular formula is C13H13NOS3. The summed E-state index contributed by atoms with van der Waals surface area (Å²) < 4.78 is 0. The van der Waals surface area contributed by atoms with Gasteiger partial charge in [-0.15, -0.1) is 22.7 Å². The Balaban J connectivity index is 1.78. The van der Waals surface area contributed by atoms with E-state index in [9.17, 15) is 4.79 Å². The van der Waals surface area contributed by atoms with Gasteiger partial charge in [0.1, 0.15) is 0 Å². The molecule has 0 spiro atoms. The minimum atomic E-state index is 0.197. The second-order valence-corrected chi connectivity index (χ2v) is 7.17. The summed E-state index contributed by atoms with van der Waals surface area (Å²) in [5.74, 6) is 2.33. The van der Waals surface area contributed by atoms with E-state index in [1.54, 1.807) is 22.7 Å². The highest BCUT2D eigenvalue weighted by Gasteiger charge is 2.20. The van der Waals surface area contributed by atoms with E-state index < -0.39 is 0 Å². The number of hydrogen-bond donors (Lipinski definition) is 0. The molecule has 1 saturated heterocycles. The Morgan fingerprint density at radius 3 is 2.78 bits per heavy atom. The van der Waals surface area contributed by atoms with Crippen LogP contribution in [-0.4, -0.2) is 35.4 Å². The molecule has 2 aromatic heterocycles. The predicted octanol–water partition coefficient (Wildman–Crippen LogP) is 3.67. The Morgan fingerprint density at radius 1 is 1.22 bits per heavy atom. The van der Waals surface area contributed by atoms with Crippen LogP contribution in [0.2, 0.25) is 0 Å². The Morgan fingerprint density at radius 2 is 2.06 bits per heavy atom. The lowest BCUT2D eigenvalue weighted by molar-refractivity contribution is 0.0777. The highest BCUT2D eigenvalue weighted by molar-refractivity contribution is 7.99. The Kier molecular flexibility index (Phi) is 3.72. The number of amides is 1. The molecule has 0 radical (unpaired) electrons. The fourth-order valence-electron chi connectivity index (χ4n) is 1.94. The molecule has 0 N–H and O–H groups in total. The summed E-state index contributed by atoms with van der Waals surface area (Å²) >= 11 is 5.20. The van der Waals surface area contributed by atoms with Crippen LogP contribution < -0.4 is 0 Å². The highest BCUT2D eigenvalue weighted by atomic mass is 32.2. The molecule has 2 nitrogen and oxygen atoms in total. The van der Waals surface area contributed by atoms with Gasteiger partial charge in [-0.25, -0.2) is 0 Å². The number of nitrogens with zero attached hydrogens (tertiary/aromatic N) is 1. The number of thioether (sulfide) groups is 1. The molecule has 1 aliphatic rings. The molecular weight excluding hydrogens is 282 g/mol. The first-order valence-corrected chi connectivity index (χ1v) is 8.75. The molecule has 1 fully saturated rings. The van der Waals surface area contributed by atoms with E-state index in [1.165, 1.54) is 10.4 Å². The first-order valence-electron chi connectivity index (χ1n) is 5.84. The maximum Gasteiger partial charge on any atom is 0.263 e. The summed E-state index contributed by atoms with van der Waals surface area (Å²) in [6, 6.07) is 6.17. The molecule has 2 aromatic rings. The number of rotatable bonds is 2. The van der Waals surface area contributed by atoms with Crippen molar-refractivity contribution in [3.63, 3.8) is 0 Å². The largest absolute Gasteiger partial charge is 0.336 e. The molecule has 3 heterocycles. The van der Waals surface area contributed by atoms with Gasteiger partial charge >= 0.3 is 0 Å². The lowest BCUT2D eigenvalue weighted by Crippen LogP contribution is -2.37. The van der Waals surface area contributed by atoms with Crippen molar-refractivity contribution < 1.29 is 4.79 Å². The maximum absolute atomic E-state index is 12.3. The summed E-state index contributed by atoms with van der Waals surface area (Å²) in [5, 5.41) is 4.15. The summed E-state index contributed by atoms with van der Waals surface area (Å²) in [6.07, 6.45) is 0. The Bertz CT molecular complexity index is 526. The van der Waals surface area contributed by atoms with Gasteiger partial charge in [-0.3, -0.25) is 4.79 Å². The fraction of sp³-hybridized carbons (Fsp3) is 0.308. The standard InChI is InChI=1S/C13H13NOS3/c15-13(14-3-6-16-7-4-14)12-8-10(9-18-12)11-2-1-5-17-11/h1-2,5,8-9H,3-4,6-7H2. The highest BCUT2D eigenvalue weighted by Crippen LogP contribution is 2.30. The van der Waals surface area contributed by atoms with Crippen molar-refractivity contribution >= 4 is 40.3 Å². The lowest BCUT2D eigenvalue weighted by atomic mass is 10.2. The van der Waals surface area contributed by atoms with E-state index in [1.807, 2.05) is 28.8 Å². The van der Waals surface area contributed by atoms with Gasteiger partial charge in [0, 0.05) is 40.4 Å². The van der Waals surface area contributed by atoms with Crippen molar-refractivity contribution in [2.24, 2.45) is 0 Å². The molecule has 18 heavy (non-hydrogen) atoms. The van der Waals surface area contributed by atoms with Crippen LogP contribution in [0, 0.1) is 0 Å². The molecule has 0 unspecified atom stereocenters. The van der Waals surface area contributed by atoms with Gasteiger partial charge in [0.05, 0.1) is 4.88 Å². The van der Waals surface area contributed by atoms with Gasteiger partial charge < -0.3 is 4.90 Å². The summed E-state index contributed by atoms with van der Waals surface area (Å²) in [7, 11) is 0. The van der Waals surface area contributed by atoms with E-state index in [2.05, 4.69) is 16.8 Å². The van der Waals surface area contributed by atoms with Gasteiger partial charge in [0.25, 0.3) is 5.91 Å². The quantitative estimate of drug-likeness (QED) is 0.842. The van der Waals surface area contributed by atoms with Crippen LogP contribution in [-0.2, 0) is 0 Å². The zero-order chi connectivity index (χ0) is 12.4. The van der Waals surface area contributed by atoms with Crippen molar-refractivity contribution in [3.05, 3.63) is 33.8 Å². The van der Waals surface area contributed by atoms with Gasteiger partial charge in [0.2, 0.25) is 0 Å². The van der Waals surface area contributed by atoms with Gasteiger partial charge in [-0.1, -0.05) is 6.07 Å². The average molecular weight is 295 g/mol. The predicted molar refractivity (Wildman–Crippen MR) is 80.9 cm³/mol. The summed E-state index contributed by atoms with van der Waals surface area (Å²) in [4.78, 5) is 16.4. The first kappa shape index (κ1) is 12.3. The fourth-order valence-corrected chi connectivity index (χ4v) is 4.51. The van der Waals surface area contributed by atoms with Crippen LogP contribution in [0.3, 0.4) is 0 Å². The van der Waals surface area contributed by atoms with Gasteiger partial charge in [0.15, 0.2) is 0 Å². The molecule has 1 aliphatic heterocycles. The maximum atomic E-state index is 12.3. The van der Waals surface area contributed by atoms with E-state index in [0.717, 1.165) is 29.5 Å². The van der Waals surface area contributed by atoms with Gasteiger partial charge in [-0.05, 0) is 17.5 Å². The van der Waals surface area contributed by atoms with E-state index in [-0.39, 0.29) is 5.91 Å². The monoisotopic (exact) mass is 295 g/mol.